The number of carboxylic acids is 1. The molecule has 8 heteroatoms. The minimum Gasteiger partial charge on any atom is -0.496 e. The molecular formula is C16H13BrClNO5. The lowest BCUT2D eigenvalue weighted by Gasteiger charge is -2.13. The van der Waals surface area contributed by atoms with E-state index in [-0.39, 0.29) is 22.0 Å². The zero-order valence-corrected chi connectivity index (χ0v) is 15.1. The van der Waals surface area contributed by atoms with Crippen molar-refractivity contribution in [1.82, 2.24) is 0 Å². The van der Waals surface area contributed by atoms with Crippen molar-refractivity contribution in [3.63, 3.8) is 0 Å². The van der Waals surface area contributed by atoms with Gasteiger partial charge >= 0.3 is 5.97 Å². The maximum atomic E-state index is 12.4. The Kier molecular flexibility index (Phi) is 5.69. The van der Waals surface area contributed by atoms with E-state index in [1.807, 2.05) is 0 Å². The molecule has 0 aromatic heterocycles. The zero-order chi connectivity index (χ0) is 17.9. The second-order valence-electron chi connectivity index (χ2n) is 4.65. The summed E-state index contributed by atoms with van der Waals surface area (Å²) in [4.78, 5) is 23.6. The van der Waals surface area contributed by atoms with Crippen LogP contribution in [0.15, 0.2) is 34.8 Å². The minimum atomic E-state index is -1.16. The molecule has 0 saturated heterocycles. The number of benzene rings is 2. The number of halogens is 2. The molecule has 0 aliphatic rings. The minimum absolute atomic E-state index is 0.0630. The van der Waals surface area contributed by atoms with E-state index in [1.165, 1.54) is 26.4 Å². The Hall–Kier alpha value is -2.25. The van der Waals surface area contributed by atoms with E-state index >= 15 is 0 Å². The fourth-order valence-corrected chi connectivity index (χ4v) is 2.86. The summed E-state index contributed by atoms with van der Waals surface area (Å²) < 4.78 is 10.9. The fourth-order valence-electron chi connectivity index (χ4n) is 2.02. The van der Waals surface area contributed by atoms with Crippen LogP contribution < -0.4 is 14.8 Å². The largest absolute Gasteiger partial charge is 0.496 e. The summed E-state index contributed by atoms with van der Waals surface area (Å²) in [6.45, 7) is 0. The predicted molar refractivity (Wildman–Crippen MR) is 93.6 cm³/mol. The van der Waals surface area contributed by atoms with Crippen LogP contribution in [0, 0.1) is 0 Å². The number of carbonyl (C=O) groups is 2. The van der Waals surface area contributed by atoms with Crippen LogP contribution in [0.1, 0.15) is 20.7 Å². The average Bonchev–Trinajstić information content (AvgIpc) is 2.54. The summed E-state index contributed by atoms with van der Waals surface area (Å²) >= 11 is 9.31. The quantitative estimate of drug-likeness (QED) is 0.770. The number of ether oxygens (including phenoxy) is 2. The number of carbonyl (C=O) groups excluding carboxylic acids is 1. The number of methoxy groups -OCH3 is 2. The number of rotatable bonds is 5. The van der Waals surface area contributed by atoms with Crippen molar-refractivity contribution in [1.29, 1.82) is 0 Å². The molecule has 0 spiro atoms. The summed E-state index contributed by atoms with van der Waals surface area (Å²) in [5.74, 6) is -0.847. The highest BCUT2D eigenvalue weighted by molar-refractivity contribution is 9.10. The van der Waals surface area contributed by atoms with Crippen LogP contribution in [0.4, 0.5) is 5.69 Å². The summed E-state index contributed by atoms with van der Waals surface area (Å²) in [5, 5.41) is 11.8. The molecule has 0 atom stereocenters. The molecule has 0 fully saturated rings. The van der Waals surface area contributed by atoms with Gasteiger partial charge in [0.1, 0.15) is 5.75 Å². The summed E-state index contributed by atoms with van der Waals surface area (Å²) in [7, 11) is 2.89. The second kappa shape index (κ2) is 7.55. The van der Waals surface area contributed by atoms with Crippen molar-refractivity contribution in [3.05, 3.63) is 51.0 Å². The molecule has 1 amide bonds. The molecule has 0 aliphatic carbocycles. The van der Waals surface area contributed by atoms with Crippen LogP contribution in [0.3, 0.4) is 0 Å². The van der Waals surface area contributed by atoms with E-state index in [4.69, 9.17) is 26.2 Å². The molecule has 0 radical (unpaired) electrons. The first-order valence-electron chi connectivity index (χ1n) is 6.63. The fraction of sp³-hybridized carbons (Fsp3) is 0.125. The Labute approximate surface area is 151 Å². The molecule has 0 bridgehead atoms. The Morgan fingerprint density at radius 1 is 1.12 bits per heavy atom. The molecule has 2 N–H and O–H groups in total. The van der Waals surface area contributed by atoms with Crippen LogP contribution in [-0.4, -0.2) is 31.2 Å². The van der Waals surface area contributed by atoms with Crippen molar-refractivity contribution in [2.75, 3.05) is 19.5 Å². The summed E-state index contributed by atoms with van der Waals surface area (Å²) in [6.07, 6.45) is 0. The molecule has 2 aromatic rings. The van der Waals surface area contributed by atoms with Gasteiger partial charge in [0.25, 0.3) is 5.91 Å². The average molecular weight is 415 g/mol. The van der Waals surface area contributed by atoms with Gasteiger partial charge in [0.15, 0.2) is 5.75 Å². The van der Waals surface area contributed by atoms with Crippen LogP contribution >= 0.6 is 27.5 Å². The van der Waals surface area contributed by atoms with Gasteiger partial charge in [-0.3, -0.25) is 4.79 Å². The van der Waals surface area contributed by atoms with Crippen LogP contribution in [0.5, 0.6) is 11.5 Å². The van der Waals surface area contributed by atoms with Gasteiger partial charge in [-0.05, 0) is 46.3 Å². The Morgan fingerprint density at radius 2 is 1.83 bits per heavy atom. The highest BCUT2D eigenvalue weighted by Crippen LogP contribution is 2.35. The van der Waals surface area contributed by atoms with E-state index in [0.717, 1.165) is 0 Å². The lowest BCUT2D eigenvalue weighted by molar-refractivity contribution is 0.0696. The van der Waals surface area contributed by atoms with Gasteiger partial charge in [-0.15, -0.1) is 0 Å². The molecule has 0 unspecified atom stereocenters. The molecule has 126 valence electrons. The Balaban J connectivity index is 2.37. The van der Waals surface area contributed by atoms with Crippen LogP contribution in [-0.2, 0) is 0 Å². The van der Waals surface area contributed by atoms with Crippen molar-refractivity contribution in [3.8, 4) is 11.5 Å². The maximum absolute atomic E-state index is 12.4. The van der Waals surface area contributed by atoms with Crippen LogP contribution in [0.2, 0.25) is 5.02 Å². The molecule has 24 heavy (non-hydrogen) atoms. The highest BCUT2D eigenvalue weighted by Gasteiger charge is 2.17. The third-order valence-corrected chi connectivity index (χ3v) is 4.06. The SMILES string of the molecule is COc1ccc(C(=O)Nc2cc(C(=O)O)cc(Cl)c2OC)cc1Br. The second-order valence-corrected chi connectivity index (χ2v) is 5.91. The van der Waals surface area contributed by atoms with Gasteiger partial charge in [-0.25, -0.2) is 4.79 Å². The summed E-state index contributed by atoms with van der Waals surface area (Å²) in [5.41, 5.74) is 0.452. The summed E-state index contributed by atoms with van der Waals surface area (Å²) in [6, 6.07) is 7.33. The van der Waals surface area contributed by atoms with E-state index in [0.29, 0.717) is 15.8 Å². The van der Waals surface area contributed by atoms with E-state index in [2.05, 4.69) is 21.2 Å². The van der Waals surface area contributed by atoms with E-state index < -0.39 is 11.9 Å². The van der Waals surface area contributed by atoms with Gasteiger partial charge in [0.05, 0.1) is 35.0 Å². The van der Waals surface area contributed by atoms with Crippen LogP contribution in [0.25, 0.3) is 0 Å². The molecule has 2 aromatic carbocycles. The molecule has 0 saturated carbocycles. The van der Waals surface area contributed by atoms with Gasteiger partial charge in [0, 0.05) is 5.56 Å². The number of amides is 1. The van der Waals surface area contributed by atoms with Crippen molar-refractivity contribution in [2.24, 2.45) is 0 Å². The lowest BCUT2D eigenvalue weighted by Crippen LogP contribution is -2.13. The number of nitrogens with one attached hydrogen (secondary N) is 1. The van der Waals surface area contributed by atoms with Crippen molar-refractivity contribution < 1.29 is 24.2 Å². The molecular weight excluding hydrogens is 402 g/mol. The van der Waals surface area contributed by atoms with Gasteiger partial charge in [-0.2, -0.15) is 0 Å². The van der Waals surface area contributed by atoms with E-state index in [1.54, 1.807) is 18.2 Å². The smallest absolute Gasteiger partial charge is 0.335 e. The number of hydrogen-bond acceptors (Lipinski definition) is 4. The number of carboxylic acid groups (broad SMARTS) is 1. The van der Waals surface area contributed by atoms with Gasteiger partial charge in [0.2, 0.25) is 0 Å². The Morgan fingerprint density at radius 3 is 2.38 bits per heavy atom. The maximum Gasteiger partial charge on any atom is 0.335 e. The first-order valence-corrected chi connectivity index (χ1v) is 7.80. The van der Waals surface area contributed by atoms with Crippen molar-refractivity contribution in [2.45, 2.75) is 0 Å². The molecule has 0 aliphatic heterocycles. The Bertz CT molecular complexity index is 809. The lowest BCUT2D eigenvalue weighted by atomic mass is 10.1. The number of hydrogen-bond donors (Lipinski definition) is 2. The monoisotopic (exact) mass is 413 g/mol. The molecule has 6 nitrogen and oxygen atoms in total. The highest BCUT2D eigenvalue weighted by atomic mass is 79.9. The van der Waals surface area contributed by atoms with Gasteiger partial charge < -0.3 is 19.9 Å². The standard InChI is InChI=1S/C16H13BrClNO5/c1-23-13-4-3-8(5-10(13)17)15(20)19-12-7-9(16(21)22)6-11(18)14(12)24-2/h3-7H,1-2H3,(H,19,20)(H,21,22). The third kappa shape index (κ3) is 3.80. The molecule has 2 rings (SSSR count). The van der Waals surface area contributed by atoms with Crippen molar-refractivity contribution >= 4 is 45.1 Å². The van der Waals surface area contributed by atoms with E-state index in [9.17, 15) is 9.59 Å². The number of anilines is 1. The first kappa shape index (κ1) is 18.1. The zero-order valence-electron chi connectivity index (χ0n) is 12.7. The number of aromatic carboxylic acids is 1. The topological polar surface area (TPSA) is 84.9 Å². The predicted octanol–water partition coefficient (Wildman–Crippen LogP) is 4.07. The first-order chi connectivity index (χ1) is 11.4. The van der Waals surface area contributed by atoms with Gasteiger partial charge in [-0.1, -0.05) is 11.6 Å². The normalized spacial score (nSPS) is 10.2. The molecule has 0 heterocycles. The third-order valence-electron chi connectivity index (χ3n) is 3.16.